The van der Waals surface area contributed by atoms with Crippen LogP contribution in [0.15, 0.2) is 0 Å². The Morgan fingerprint density at radius 3 is 1.76 bits per heavy atom. The average Bonchev–Trinajstić information content (AvgIpc) is 2.65. The summed E-state index contributed by atoms with van der Waals surface area (Å²) in [6.07, 6.45) is 5.12. The summed E-state index contributed by atoms with van der Waals surface area (Å²) in [5, 5.41) is -13.4. The fourth-order valence-corrected chi connectivity index (χ4v) is 7.30. The van der Waals surface area contributed by atoms with Gasteiger partial charge in [-0.2, -0.15) is 39.5 Å². The van der Waals surface area contributed by atoms with E-state index in [1.165, 1.54) is 0 Å². The van der Waals surface area contributed by atoms with Gasteiger partial charge in [0.15, 0.2) is 11.0 Å². The van der Waals surface area contributed by atoms with E-state index in [0.29, 0.717) is 24.7 Å². The van der Waals surface area contributed by atoms with E-state index in [1.54, 1.807) is 0 Å². The van der Waals surface area contributed by atoms with Gasteiger partial charge in [-0.1, -0.05) is 19.3 Å². The lowest BCUT2D eigenvalue weighted by molar-refractivity contribution is -0.242. The van der Waals surface area contributed by atoms with E-state index in [4.69, 9.17) is 0 Å². The second kappa shape index (κ2) is 9.66. The highest BCUT2D eigenvalue weighted by atomic mass is 32.3. The molecule has 0 spiro atoms. The number of rotatable bonds is 10. The molecular weight excluding hydrogens is 555 g/mol. The number of alkyl halides is 9. The first kappa shape index (κ1) is 29.6. The first-order valence-electron chi connectivity index (χ1n) is 9.79. The van der Waals surface area contributed by atoms with Crippen molar-refractivity contribution in [1.29, 1.82) is 0 Å². The molecule has 0 aromatic carbocycles. The molecule has 0 aromatic rings. The molecule has 2 N–H and O–H groups in total. The minimum Gasteiger partial charge on any atom is -0.235 e. The van der Waals surface area contributed by atoms with Crippen LogP contribution in [0.5, 0.6) is 0 Å². The van der Waals surface area contributed by atoms with Gasteiger partial charge in [0.1, 0.15) is 0 Å². The smallest absolute Gasteiger partial charge is 0.235 e. The number of hydrogen-bond acceptors (Lipinski definition) is 5. The van der Waals surface area contributed by atoms with Crippen LogP contribution in [0.2, 0.25) is 0 Å². The maximum atomic E-state index is 14.0. The fraction of sp³-hybridized carbons (Fsp3) is 1.00. The van der Waals surface area contributed by atoms with Crippen LogP contribution >= 0.6 is 0 Å². The lowest BCUT2D eigenvalue weighted by Crippen LogP contribution is -2.63. The second-order valence-corrected chi connectivity index (χ2v) is 13.3. The zero-order chi connectivity index (χ0) is 26.4. The first-order valence-corrected chi connectivity index (χ1v) is 13.9. The van der Waals surface area contributed by atoms with Gasteiger partial charge in [-0.3, -0.25) is 0 Å². The summed E-state index contributed by atoms with van der Waals surface area (Å²) in [5.41, 5.74) is -6.40. The number of halogens is 9. The first-order chi connectivity index (χ1) is 15.2. The molecule has 0 saturated heterocycles. The van der Waals surface area contributed by atoms with Crippen molar-refractivity contribution in [2.45, 2.75) is 66.9 Å². The van der Waals surface area contributed by atoms with Gasteiger partial charge in [0, 0.05) is 6.54 Å². The Morgan fingerprint density at radius 1 is 0.794 bits per heavy atom. The van der Waals surface area contributed by atoms with E-state index < -0.39 is 59.5 Å². The molecule has 3 unspecified atom stereocenters. The number of nitrogens with one attached hydrogen (secondary N) is 2. The Labute approximate surface area is 191 Å². The van der Waals surface area contributed by atoms with Crippen LogP contribution in [0.3, 0.4) is 0 Å². The molecule has 0 aliphatic heterocycles. The fourth-order valence-electron chi connectivity index (χ4n) is 4.25. The van der Waals surface area contributed by atoms with Gasteiger partial charge in [0.2, 0.25) is 0 Å². The van der Waals surface area contributed by atoms with Crippen LogP contribution in [-0.4, -0.2) is 49.5 Å². The highest BCUT2D eigenvalue weighted by Crippen LogP contribution is 2.50. The number of sulfonamides is 2. The molecule has 19 heteroatoms. The van der Waals surface area contributed by atoms with Gasteiger partial charge >= 0.3 is 32.0 Å². The second-order valence-electron chi connectivity index (χ2n) is 8.33. The quantitative estimate of drug-likeness (QED) is 0.388. The van der Waals surface area contributed by atoms with E-state index in [-0.39, 0.29) is 16.5 Å². The molecule has 34 heavy (non-hydrogen) atoms. The standard InChI is InChI=1S/C15H21F9N2O5S3/c16-12(17,13(18,19)32(27)26-34(30,31)15(22,23)24)14(20,21)33(28,29)25-5-4-11-7-9-2-1-3-10(6-9)8-11/h9-11,25-26H,1-8H2. The summed E-state index contributed by atoms with van der Waals surface area (Å²) in [6, 6.07) is 0. The zero-order valence-electron chi connectivity index (χ0n) is 17.1. The molecular formula is C15H21F9N2O5S3. The monoisotopic (exact) mass is 576 g/mol. The largest absolute Gasteiger partial charge is 0.512 e. The van der Waals surface area contributed by atoms with Gasteiger partial charge in [-0.15, -0.1) is 4.13 Å². The summed E-state index contributed by atoms with van der Waals surface area (Å²) in [5.74, 6) is -6.48. The molecule has 7 nitrogen and oxygen atoms in total. The van der Waals surface area contributed by atoms with Crippen LogP contribution in [0.4, 0.5) is 39.5 Å². The third-order valence-corrected chi connectivity index (χ3v) is 10.2. The van der Waals surface area contributed by atoms with Crippen LogP contribution in [0.25, 0.3) is 0 Å². The Kier molecular flexibility index (Phi) is 8.40. The van der Waals surface area contributed by atoms with E-state index >= 15 is 0 Å². The molecule has 2 saturated carbocycles. The van der Waals surface area contributed by atoms with Gasteiger partial charge in [-0.05, 0) is 43.4 Å². The van der Waals surface area contributed by atoms with Crippen molar-refractivity contribution in [3.05, 3.63) is 0 Å². The topological polar surface area (TPSA) is 109 Å². The maximum Gasteiger partial charge on any atom is 0.512 e. The summed E-state index contributed by atoms with van der Waals surface area (Å²) in [7, 11) is -18.8. The van der Waals surface area contributed by atoms with Gasteiger partial charge < -0.3 is 0 Å². The normalized spacial score (nSPS) is 26.3. The van der Waals surface area contributed by atoms with Crippen LogP contribution < -0.4 is 8.85 Å². The highest BCUT2D eigenvalue weighted by Gasteiger charge is 2.80. The molecule has 2 rings (SSSR count). The molecule has 2 aliphatic carbocycles. The Balaban J connectivity index is 2.11. The Hall–Kier alpha value is -0.660. The zero-order valence-corrected chi connectivity index (χ0v) is 19.5. The van der Waals surface area contributed by atoms with E-state index in [0.717, 1.165) is 30.4 Å². The third-order valence-electron chi connectivity index (χ3n) is 5.86. The molecule has 2 aliphatic rings. The Bertz CT molecular complexity index is 974. The summed E-state index contributed by atoms with van der Waals surface area (Å²) in [4.78, 5) is 0. The molecule has 0 amide bonds. The van der Waals surface area contributed by atoms with Crippen molar-refractivity contribution in [2.75, 3.05) is 6.54 Å². The van der Waals surface area contributed by atoms with E-state index in [2.05, 4.69) is 0 Å². The summed E-state index contributed by atoms with van der Waals surface area (Å²) < 4.78 is 177. The molecule has 2 fully saturated rings. The van der Waals surface area contributed by atoms with Crippen molar-refractivity contribution in [3.8, 4) is 0 Å². The van der Waals surface area contributed by atoms with Gasteiger partial charge in [0.05, 0.1) is 0 Å². The predicted molar refractivity (Wildman–Crippen MR) is 101 cm³/mol. The number of hydrogen-bond donors (Lipinski definition) is 2. The average molecular weight is 577 g/mol. The number of fused-ring (bicyclic) bond motifs is 2. The molecule has 202 valence electrons. The van der Waals surface area contributed by atoms with Crippen LogP contribution in [0.1, 0.15) is 44.9 Å². The molecule has 0 aromatic heterocycles. The summed E-state index contributed by atoms with van der Waals surface area (Å²) >= 11 is 0. The van der Waals surface area contributed by atoms with Crippen molar-refractivity contribution in [3.63, 3.8) is 0 Å². The van der Waals surface area contributed by atoms with Crippen molar-refractivity contribution in [2.24, 2.45) is 17.8 Å². The lowest BCUT2D eigenvalue weighted by atomic mass is 9.67. The SMILES string of the molecule is O=S(NS(=O)(=O)C(F)(F)F)C(F)(F)C(F)(F)C(F)(F)S(=O)(=O)NCCC1CC2CCCC(C2)C1. The van der Waals surface area contributed by atoms with Crippen molar-refractivity contribution >= 4 is 31.0 Å². The van der Waals surface area contributed by atoms with Crippen molar-refractivity contribution in [1.82, 2.24) is 8.85 Å². The summed E-state index contributed by atoms with van der Waals surface area (Å²) in [6.45, 7) is -0.812. The molecule has 2 bridgehead atoms. The minimum atomic E-state index is -7.08. The van der Waals surface area contributed by atoms with E-state index in [9.17, 15) is 60.6 Å². The van der Waals surface area contributed by atoms with Crippen molar-refractivity contribution < 1.29 is 60.6 Å². The predicted octanol–water partition coefficient (Wildman–Crippen LogP) is 3.44. The van der Waals surface area contributed by atoms with Crippen LogP contribution in [0, 0.1) is 17.8 Å². The van der Waals surface area contributed by atoms with Gasteiger partial charge in [-0.25, -0.2) is 25.8 Å². The lowest BCUT2D eigenvalue weighted by Gasteiger charge is -2.39. The maximum absolute atomic E-state index is 14.0. The Morgan fingerprint density at radius 2 is 1.29 bits per heavy atom. The highest BCUT2D eigenvalue weighted by molar-refractivity contribution is 8.02. The van der Waals surface area contributed by atoms with E-state index in [1.807, 2.05) is 0 Å². The molecule has 3 atom stereocenters. The minimum absolute atomic E-state index is 0.0540. The molecule has 0 radical (unpaired) electrons. The van der Waals surface area contributed by atoms with Crippen LogP contribution in [-0.2, 0) is 31.0 Å². The molecule has 0 heterocycles. The van der Waals surface area contributed by atoms with Gasteiger partial charge in [0.25, 0.3) is 10.0 Å². The third kappa shape index (κ3) is 5.67.